The van der Waals surface area contributed by atoms with Crippen molar-refractivity contribution < 1.29 is 0 Å². The smallest absolute Gasteiger partial charge is 0.0220 e. The molecule has 2 heteroatoms. The Labute approximate surface area is 82.9 Å². The van der Waals surface area contributed by atoms with E-state index >= 15 is 0 Å². The molecule has 0 spiro atoms. The van der Waals surface area contributed by atoms with Gasteiger partial charge in [0.15, 0.2) is 0 Å². The van der Waals surface area contributed by atoms with Crippen LogP contribution in [0.2, 0.25) is 0 Å². The average Bonchev–Trinajstić information content (AvgIpc) is 2.21. The first kappa shape index (κ1) is 11.0. The summed E-state index contributed by atoms with van der Waals surface area (Å²) in [5.41, 5.74) is 0. The predicted molar refractivity (Wildman–Crippen MR) is 57.5 cm³/mol. The zero-order valence-corrected chi connectivity index (χ0v) is 9.29. The molecule has 0 amide bonds. The lowest BCUT2D eigenvalue weighted by molar-refractivity contribution is 0.132. The number of nitrogens with zero attached hydrogens (tertiary/aromatic N) is 2. The minimum absolute atomic E-state index is 0.839. The van der Waals surface area contributed by atoms with Crippen LogP contribution in [0.3, 0.4) is 0 Å². The average molecular weight is 183 g/mol. The third-order valence-corrected chi connectivity index (χ3v) is 3.19. The number of rotatable bonds is 4. The van der Waals surface area contributed by atoms with Crippen LogP contribution in [0.15, 0.2) is 0 Å². The van der Waals surface area contributed by atoms with Crippen LogP contribution in [0.25, 0.3) is 0 Å². The number of hydrogen-bond acceptors (Lipinski definition) is 2. The second-order valence-corrected chi connectivity index (χ2v) is 3.75. The van der Waals surface area contributed by atoms with Crippen molar-refractivity contribution in [3.05, 3.63) is 6.54 Å². The molecule has 1 heterocycles. The van der Waals surface area contributed by atoms with Crippen LogP contribution in [0.4, 0.5) is 0 Å². The summed E-state index contributed by atoms with van der Waals surface area (Å²) in [6.45, 7) is 13.8. The molecule has 2 nitrogen and oxygen atoms in total. The van der Waals surface area contributed by atoms with Crippen LogP contribution in [0.5, 0.6) is 0 Å². The van der Waals surface area contributed by atoms with Gasteiger partial charge in [0, 0.05) is 12.6 Å². The first-order valence-electron chi connectivity index (χ1n) is 5.59. The van der Waals surface area contributed by atoms with Crippen LogP contribution in [-0.2, 0) is 0 Å². The largest absolute Gasteiger partial charge is 0.301 e. The maximum atomic E-state index is 2.59. The summed E-state index contributed by atoms with van der Waals surface area (Å²) in [4.78, 5) is 5.02. The minimum Gasteiger partial charge on any atom is -0.301 e. The molecule has 0 atom stereocenters. The molecule has 0 saturated carbocycles. The Balaban J connectivity index is 2.30. The Bertz CT molecular complexity index is 124. The van der Waals surface area contributed by atoms with Gasteiger partial charge in [-0.05, 0) is 45.9 Å². The highest BCUT2D eigenvalue weighted by Gasteiger charge is 2.21. The standard InChI is InChI=1S/C11H23N2/c1-4-12-9-7-11(8-10-12)13(5-2)6-3/h4,11H,5-10H2,1-3H3. The Morgan fingerprint density at radius 2 is 1.77 bits per heavy atom. The van der Waals surface area contributed by atoms with Gasteiger partial charge in [-0.25, -0.2) is 0 Å². The van der Waals surface area contributed by atoms with Gasteiger partial charge in [-0.2, -0.15) is 0 Å². The monoisotopic (exact) mass is 183 g/mol. The number of hydrogen-bond donors (Lipinski definition) is 0. The third-order valence-electron chi connectivity index (χ3n) is 3.19. The first-order chi connectivity index (χ1) is 6.31. The fraction of sp³-hybridized carbons (Fsp3) is 0.909. The predicted octanol–water partition coefficient (Wildman–Crippen LogP) is 1.97. The van der Waals surface area contributed by atoms with Crippen LogP contribution in [0.1, 0.15) is 33.6 Å². The zero-order chi connectivity index (χ0) is 9.68. The molecule has 13 heavy (non-hydrogen) atoms. The highest BCUT2D eigenvalue weighted by Crippen LogP contribution is 2.16. The van der Waals surface area contributed by atoms with Crippen molar-refractivity contribution in [2.45, 2.75) is 39.7 Å². The maximum Gasteiger partial charge on any atom is 0.0220 e. The quantitative estimate of drug-likeness (QED) is 0.657. The molecule has 0 N–H and O–H groups in total. The second-order valence-electron chi connectivity index (χ2n) is 3.75. The van der Waals surface area contributed by atoms with Crippen LogP contribution < -0.4 is 0 Å². The van der Waals surface area contributed by atoms with Crippen molar-refractivity contribution in [1.29, 1.82) is 0 Å². The number of likely N-dealkylation sites (tertiary alicyclic amines) is 1. The Kier molecular flexibility index (Phi) is 4.74. The zero-order valence-electron chi connectivity index (χ0n) is 9.29. The van der Waals surface area contributed by atoms with Gasteiger partial charge in [0.25, 0.3) is 0 Å². The highest BCUT2D eigenvalue weighted by molar-refractivity contribution is 4.80. The first-order valence-corrected chi connectivity index (χ1v) is 5.59. The van der Waals surface area contributed by atoms with Gasteiger partial charge >= 0.3 is 0 Å². The fourth-order valence-electron chi connectivity index (χ4n) is 2.25. The molecule has 0 aromatic carbocycles. The molecule has 0 unspecified atom stereocenters. The Hall–Kier alpha value is -0.0800. The van der Waals surface area contributed by atoms with Gasteiger partial charge in [-0.15, -0.1) is 0 Å². The molecule has 1 fully saturated rings. The van der Waals surface area contributed by atoms with Gasteiger partial charge in [0.2, 0.25) is 0 Å². The minimum atomic E-state index is 0.839. The van der Waals surface area contributed by atoms with E-state index in [4.69, 9.17) is 0 Å². The molecule has 1 aliphatic heterocycles. The van der Waals surface area contributed by atoms with E-state index in [1.54, 1.807) is 0 Å². The molecule has 0 aromatic rings. The summed E-state index contributed by atoms with van der Waals surface area (Å²) < 4.78 is 0. The SMILES string of the molecule is C[CH]N1CCC(N(CC)CC)CC1. The van der Waals surface area contributed by atoms with Crippen molar-refractivity contribution in [2.24, 2.45) is 0 Å². The molecular weight excluding hydrogens is 160 g/mol. The lowest BCUT2D eigenvalue weighted by Crippen LogP contribution is -2.43. The van der Waals surface area contributed by atoms with Gasteiger partial charge in [0.05, 0.1) is 0 Å². The van der Waals surface area contributed by atoms with E-state index < -0.39 is 0 Å². The molecule has 77 valence electrons. The normalized spacial score (nSPS) is 21.2. The summed E-state index contributed by atoms with van der Waals surface area (Å²) in [5.74, 6) is 0. The van der Waals surface area contributed by atoms with Crippen LogP contribution >= 0.6 is 0 Å². The van der Waals surface area contributed by atoms with E-state index in [1.807, 2.05) is 0 Å². The molecule has 1 aliphatic rings. The van der Waals surface area contributed by atoms with E-state index in [9.17, 15) is 0 Å². The van der Waals surface area contributed by atoms with Crippen molar-refractivity contribution >= 4 is 0 Å². The van der Waals surface area contributed by atoms with E-state index in [1.165, 1.54) is 39.0 Å². The molecule has 1 saturated heterocycles. The summed E-state index contributed by atoms with van der Waals surface area (Å²) >= 11 is 0. The van der Waals surface area contributed by atoms with Gasteiger partial charge in [-0.1, -0.05) is 13.8 Å². The van der Waals surface area contributed by atoms with Crippen LogP contribution in [0, 0.1) is 6.54 Å². The van der Waals surface area contributed by atoms with Crippen molar-refractivity contribution in [1.82, 2.24) is 9.80 Å². The van der Waals surface area contributed by atoms with Gasteiger partial charge in [-0.3, -0.25) is 4.90 Å². The maximum absolute atomic E-state index is 2.59. The summed E-state index contributed by atoms with van der Waals surface area (Å²) in [6, 6.07) is 0.839. The van der Waals surface area contributed by atoms with Gasteiger partial charge in [0.1, 0.15) is 0 Å². The van der Waals surface area contributed by atoms with E-state index in [0.717, 1.165) is 6.04 Å². The molecule has 0 bridgehead atoms. The Morgan fingerprint density at radius 1 is 1.23 bits per heavy atom. The molecular formula is C11H23N2. The van der Waals surface area contributed by atoms with Crippen molar-refractivity contribution in [3.8, 4) is 0 Å². The summed E-state index contributed by atoms with van der Waals surface area (Å²) in [7, 11) is 0. The molecule has 0 aliphatic carbocycles. The fourth-order valence-corrected chi connectivity index (χ4v) is 2.25. The van der Waals surface area contributed by atoms with E-state index in [-0.39, 0.29) is 0 Å². The topological polar surface area (TPSA) is 6.48 Å². The van der Waals surface area contributed by atoms with Crippen LogP contribution in [-0.4, -0.2) is 42.0 Å². The highest BCUT2D eigenvalue weighted by atomic mass is 15.2. The third kappa shape index (κ3) is 2.96. The van der Waals surface area contributed by atoms with E-state index in [0.29, 0.717) is 0 Å². The van der Waals surface area contributed by atoms with Crippen molar-refractivity contribution in [3.63, 3.8) is 0 Å². The lowest BCUT2D eigenvalue weighted by Gasteiger charge is -2.37. The number of piperidine rings is 1. The summed E-state index contributed by atoms with van der Waals surface area (Å²) in [5, 5.41) is 0. The molecule has 1 radical (unpaired) electrons. The second kappa shape index (κ2) is 5.61. The molecule has 1 rings (SSSR count). The van der Waals surface area contributed by atoms with Gasteiger partial charge < -0.3 is 4.90 Å². The van der Waals surface area contributed by atoms with E-state index in [2.05, 4.69) is 37.1 Å². The molecule has 0 aromatic heterocycles. The summed E-state index contributed by atoms with van der Waals surface area (Å²) in [6.07, 6.45) is 2.68. The Morgan fingerprint density at radius 3 is 2.15 bits per heavy atom. The lowest BCUT2D eigenvalue weighted by atomic mass is 10.0. The van der Waals surface area contributed by atoms with Crippen molar-refractivity contribution in [2.75, 3.05) is 26.2 Å².